The molecule has 0 unspecified atom stereocenters. The first-order chi connectivity index (χ1) is 9.02. The van der Waals surface area contributed by atoms with Crippen LogP contribution in [0.25, 0.3) is 0 Å². The van der Waals surface area contributed by atoms with Gasteiger partial charge in [-0.05, 0) is 0 Å². The van der Waals surface area contributed by atoms with Crippen LogP contribution in [0, 0.1) is 0 Å². The molecule has 2 amide bonds. The largest absolute Gasteiger partial charge is 0.480 e. The molecule has 0 saturated heterocycles. The maximum absolute atomic E-state index is 11.4. The van der Waals surface area contributed by atoms with Gasteiger partial charge in [-0.2, -0.15) is 5.10 Å². The molecule has 1 aromatic rings. The number of ether oxygens (including phenoxy) is 1. The minimum absolute atomic E-state index is 0.0520. The van der Waals surface area contributed by atoms with Gasteiger partial charge >= 0.3 is 18.0 Å². The topological polar surface area (TPSA) is 146 Å². The van der Waals surface area contributed by atoms with E-state index < -0.39 is 30.4 Å². The van der Waals surface area contributed by atoms with Crippen LogP contribution < -0.4 is 10.6 Å². The Morgan fingerprint density at radius 1 is 1.53 bits per heavy atom. The second-order valence-electron chi connectivity index (χ2n) is 3.43. The second kappa shape index (κ2) is 6.93. The summed E-state index contributed by atoms with van der Waals surface area (Å²) in [5.41, 5.74) is 0. The first-order valence-corrected chi connectivity index (χ1v) is 5.21. The third-order valence-electron chi connectivity index (χ3n) is 2.08. The number of aliphatic carboxylic acids is 1. The summed E-state index contributed by atoms with van der Waals surface area (Å²) in [7, 11) is 1.13. The Hall–Kier alpha value is -2.65. The fourth-order valence-electron chi connectivity index (χ4n) is 1.14. The molecule has 0 saturated carbocycles. The number of rotatable bonds is 6. The van der Waals surface area contributed by atoms with Crippen LogP contribution >= 0.6 is 0 Å². The van der Waals surface area contributed by atoms with E-state index in [-0.39, 0.29) is 6.54 Å². The van der Waals surface area contributed by atoms with Gasteiger partial charge in [0.25, 0.3) is 0 Å². The first-order valence-electron chi connectivity index (χ1n) is 5.21. The lowest BCUT2D eigenvalue weighted by atomic mass is 10.2. The van der Waals surface area contributed by atoms with Crippen LogP contribution in [0.3, 0.4) is 0 Å². The number of aromatic nitrogens is 3. The van der Waals surface area contributed by atoms with Gasteiger partial charge in [-0.1, -0.05) is 0 Å². The highest BCUT2D eigenvalue weighted by Gasteiger charge is 2.23. The Balaban J connectivity index is 2.42. The van der Waals surface area contributed by atoms with Gasteiger partial charge in [0.1, 0.15) is 18.2 Å². The molecule has 0 radical (unpaired) electrons. The average molecular weight is 271 g/mol. The molecule has 0 fully saturated rings. The van der Waals surface area contributed by atoms with Gasteiger partial charge < -0.3 is 20.5 Å². The molecule has 10 heteroatoms. The summed E-state index contributed by atoms with van der Waals surface area (Å²) in [5, 5.41) is 19.4. The Morgan fingerprint density at radius 3 is 2.79 bits per heavy atom. The zero-order chi connectivity index (χ0) is 14.3. The lowest BCUT2D eigenvalue weighted by Crippen LogP contribution is -2.46. The number of nitrogens with one attached hydrogen (secondary N) is 3. The van der Waals surface area contributed by atoms with Crippen LogP contribution in [-0.2, 0) is 20.9 Å². The lowest BCUT2D eigenvalue weighted by molar-refractivity contribution is -0.147. The van der Waals surface area contributed by atoms with E-state index in [0.29, 0.717) is 5.82 Å². The molecular formula is C9H13N5O5. The first kappa shape index (κ1) is 14.4. The molecular weight excluding hydrogens is 258 g/mol. The zero-order valence-corrected chi connectivity index (χ0v) is 10.0. The van der Waals surface area contributed by atoms with Crippen molar-refractivity contribution >= 4 is 18.0 Å². The average Bonchev–Trinajstić information content (AvgIpc) is 2.88. The standard InChI is InChI=1S/C9H13N5O5/c1-19-7(15)2-5(8(16)17)13-9(18)10-3-6-11-4-12-14-6/h4-5H,2-3H2,1H3,(H,16,17)(H2,10,13,18)(H,11,12,14)/t5-/m1/s1. The Kier molecular flexibility index (Phi) is 5.26. The third kappa shape index (κ3) is 5.02. The molecule has 19 heavy (non-hydrogen) atoms. The SMILES string of the molecule is COC(=O)C[C@@H](NC(=O)NCc1ncn[nH]1)C(=O)O. The normalized spacial score (nSPS) is 11.4. The minimum Gasteiger partial charge on any atom is -0.480 e. The van der Waals surface area contributed by atoms with Crippen molar-refractivity contribution in [3.8, 4) is 0 Å². The minimum atomic E-state index is -1.36. The van der Waals surface area contributed by atoms with Crippen molar-refractivity contribution in [3.63, 3.8) is 0 Å². The van der Waals surface area contributed by atoms with Crippen molar-refractivity contribution in [2.45, 2.75) is 19.0 Å². The summed E-state index contributed by atoms with van der Waals surface area (Å²) < 4.78 is 4.33. The molecule has 4 N–H and O–H groups in total. The highest BCUT2D eigenvalue weighted by Crippen LogP contribution is 1.95. The molecule has 10 nitrogen and oxygen atoms in total. The van der Waals surface area contributed by atoms with Gasteiger partial charge in [-0.25, -0.2) is 14.6 Å². The number of carboxylic acid groups (broad SMARTS) is 1. The van der Waals surface area contributed by atoms with E-state index in [4.69, 9.17) is 5.11 Å². The number of carboxylic acids is 1. The van der Waals surface area contributed by atoms with Crippen LogP contribution in [0.1, 0.15) is 12.2 Å². The number of aromatic amines is 1. The summed E-state index contributed by atoms with van der Waals surface area (Å²) >= 11 is 0. The summed E-state index contributed by atoms with van der Waals surface area (Å²) in [6.07, 6.45) is 0.813. The van der Waals surface area contributed by atoms with Gasteiger partial charge in [-0.3, -0.25) is 9.89 Å². The van der Waals surface area contributed by atoms with E-state index in [2.05, 4.69) is 30.6 Å². The Labute approximate surface area is 107 Å². The molecule has 104 valence electrons. The van der Waals surface area contributed by atoms with Crippen LogP contribution in [0.2, 0.25) is 0 Å². The van der Waals surface area contributed by atoms with Crippen molar-refractivity contribution in [1.29, 1.82) is 0 Å². The summed E-state index contributed by atoms with van der Waals surface area (Å²) in [6.45, 7) is 0.0520. The van der Waals surface area contributed by atoms with Crippen molar-refractivity contribution in [2.24, 2.45) is 0 Å². The highest BCUT2D eigenvalue weighted by atomic mass is 16.5. The zero-order valence-electron chi connectivity index (χ0n) is 10.0. The van der Waals surface area contributed by atoms with Gasteiger partial charge in [0, 0.05) is 0 Å². The smallest absolute Gasteiger partial charge is 0.326 e. The molecule has 0 bridgehead atoms. The number of hydrogen-bond donors (Lipinski definition) is 4. The number of hydrogen-bond acceptors (Lipinski definition) is 6. The number of H-pyrrole nitrogens is 1. The number of methoxy groups -OCH3 is 1. The van der Waals surface area contributed by atoms with Gasteiger partial charge in [0.05, 0.1) is 20.1 Å². The van der Waals surface area contributed by atoms with E-state index in [1.807, 2.05) is 0 Å². The lowest BCUT2D eigenvalue weighted by Gasteiger charge is -2.13. The van der Waals surface area contributed by atoms with E-state index in [9.17, 15) is 14.4 Å². The highest BCUT2D eigenvalue weighted by molar-refractivity contribution is 5.86. The van der Waals surface area contributed by atoms with E-state index in [1.54, 1.807) is 0 Å². The predicted molar refractivity (Wildman–Crippen MR) is 59.8 cm³/mol. The number of urea groups is 1. The molecule has 1 aromatic heterocycles. The Morgan fingerprint density at radius 2 is 2.26 bits per heavy atom. The summed E-state index contributed by atoms with van der Waals surface area (Å²) in [4.78, 5) is 37.0. The predicted octanol–water partition coefficient (Wildman–Crippen LogP) is -1.38. The molecule has 0 aliphatic carbocycles. The van der Waals surface area contributed by atoms with Crippen molar-refractivity contribution in [1.82, 2.24) is 25.8 Å². The monoisotopic (exact) mass is 271 g/mol. The van der Waals surface area contributed by atoms with Crippen molar-refractivity contribution in [3.05, 3.63) is 12.2 Å². The fourth-order valence-corrected chi connectivity index (χ4v) is 1.14. The second-order valence-corrected chi connectivity index (χ2v) is 3.43. The molecule has 0 aliphatic heterocycles. The summed E-state index contributed by atoms with van der Waals surface area (Å²) in [5.74, 6) is -1.65. The number of nitrogens with zero attached hydrogens (tertiary/aromatic N) is 2. The van der Waals surface area contributed by atoms with E-state index in [1.165, 1.54) is 6.33 Å². The van der Waals surface area contributed by atoms with Crippen molar-refractivity contribution in [2.75, 3.05) is 7.11 Å². The molecule has 1 rings (SSSR count). The number of carbonyl (C=O) groups is 3. The third-order valence-corrected chi connectivity index (χ3v) is 2.08. The van der Waals surface area contributed by atoms with Crippen LogP contribution in [-0.4, -0.2) is 51.4 Å². The maximum Gasteiger partial charge on any atom is 0.326 e. The quantitative estimate of drug-likeness (QED) is 0.466. The van der Waals surface area contributed by atoms with Crippen LogP contribution in [0.4, 0.5) is 4.79 Å². The van der Waals surface area contributed by atoms with Crippen molar-refractivity contribution < 1.29 is 24.2 Å². The van der Waals surface area contributed by atoms with Gasteiger partial charge in [0.15, 0.2) is 0 Å². The number of esters is 1. The number of amides is 2. The Bertz CT molecular complexity index is 446. The number of carbonyl (C=O) groups excluding carboxylic acids is 2. The molecule has 1 heterocycles. The molecule has 0 spiro atoms. The summed E-state index contributed by atoms with van der Waals surface area (Å²) in [6, 6.07) is -2.10. The van der Waals surface area contributed by atoms with Gasteiger partial charge in [-0.15, -0.1) is 0 Å². The molecule has 0 aromatic carbocycles. The van der Waals surface area contributed by atoms with Crippen LogP contribution in [0.5, 0.6) is 0 Å². The maximum atomic E-state index is 11.4. The van der Waals surface area contributed by atoms with Crippen LogP contribution in [0.15, 0.2) is 6.33 Å². The molecule has 1 atom stereocenters. The molecule has 0 aliphatic rings. The van der Waals surface area contributed by atoms with E-state index >= 15 is 0 Å². The van der Waals surface area contributed by atoms with E-state index in [0.717, 1.165) is 7.11 Å². The fraction of sp³-hybridized carbons (Fsp3) is 0.444. The van der Waals surface area contributed by atoms with Gasteiger partial charge in [0.2, 0.25) is 0 Å².